The van der Waals surface area contributed by atoms with Gasteiger partial charge in [0.05, 0.1) is 6.42 Å². The summed E-state index contributed by atoms with van der Waals surface area (Å²) < 4.78 is 0. The Kier molecular flexibility index (Phi) is 3.82. The molecule has 0 aliphatic heterocycles. The zero-order chi connectivity index (χ0) is 13.0. The van der Waals surface area contributed by atoms with Crippen LogP contribution in [0.5, 0.6) is 0 Å². The number of fused-ring (bicyclic) bond motifs is 1. The Bertz CT molecular complexity index is 459. The molecular weight excluding hydrogens is 232 g/mol. The Labute approximate surface area is 105 Å². The fraction of sp³-hybridized carbons (Fsp3) is 0.385. The minimum atomic E-state index is -0.914. The molecule has 96 valence electrons. The lowest BCUT2D eigenvalue weighted by Crippen LogP contribution is -2.40. The number of carboxylic acids is 1. The van der Waals surface area contributed by atoms with Crippen molar-refractivity contribution in [3.63, 3.8) is 0 Å². The van der Waals surface area contributed by atoms with E-state index in [9.17, 15) is 9.59 Å². The summed E-state index contributed by atoms with van der Waals surface area (Å²) in [5.74, 6) is -0.533. The molecule has 0 radical (unpaired) electrons. The van der Waals surface area contributed by atoms with Gasteiger partial charge in [0.1, 0.15) is 0 Å². The lowest BCUT2D eigenvalue weighted by Gasteiger charge is -2.30. The van der Waals surface area contributed by atoms with E-state index in [-0.39, 0.29) is 19.0 Å². The maximum absolute atomic E-state index is 11.4. The number of carbonyl (C=O) groups is 2. The summed E-state index contributed by atoms with van der Waals surface area (Å²) in [6.45, 7) is 0.748. The number of rotatable bonds is 5. The number of carbonyl (C=O) groups excluding carboxylic acids is 1. The largest absolute Gasteiger partial charge is 0.481 e. The third kappa shape index (κ3) is 3.00. The Balaban J connectivity index is 1.67. The first kappa shape index (κ1) is 12.4. The molecule has 1 aliphatic rings. The summed E-state index contributed by atoms with van der Waals surface area (Å²) in [5, 5.41) is 13.7. The van der Waals surface area contributed by atoms with E-state index in [2.05, 4.69) is 22.8 Å². The highest BCUT2D eigenvalue weighted by Gasteiger charge is 2.25. The van der Waals surface area contributed by atoms with E-state index in [1.165, 1.54) is 11.1 Å². The average Bonchev–Trinajstić information content (AvgIpc) is 2.30. The maximum Gasteiger partial charge on any atom is 0.314 e. The van der Waals surface area contributed by atoms with Crippen molar-refractivity contribution in [3.05, 3.63) is 35.4 Å². The summed E-state index contributed by atoms with van der Waals surface area (Å²) in [6, 6.07) is 7.88. The second-order valence-corrected chi connectivity index (χ2v) is 4.38. The summed E-state index contributed by atoms with van der Waals surface area (Å²) in [5.41, 5.74) is 2.64. The lowest BCUT2D eigenvalue weighted by molar-refractivity contribution is -0.136. The number of benzene rings is 1. The molecule has 2 rings (SSSR count). The zero-order valence-electron chi connectivity index (χ0n) is 9.98. The van der Waals surface area contributed by atoms with Gasteiger partial charge in [-0.3, -0.25) is 4.79 Å². The predicted molar refractivity (Wildman–Crippen MR) is 66.5 cm³/mol. The number of hydrogen-bond donors (Lipinski definition) is 3. The van der Waals surface area contributed by atoms with E-state index < -0.39 is 5.97 Å². The summed E-state index contributed by atoms with van der Waals surface area (Å²) in [6.07, 6.45) is 0.936. The maximum atomic E-state index is 11.4. The molecule has 0 bridgehead atoms. The van der Waals surface area contributed by atoms with Crippen LogP contribution in [0.2, 0.25) is 0 Å². The van der Waals surface area contributed by atoms with Crippen LogP contribution >= 0.6 is 0 Å². The van der Waals surface area contributed by atoms with Crippen molar-refractivity contribution in [3.8, 4) is 0 Å². The number of hydrogen-bond acceptors (Lipinski definition) is 2. The van der Waals surface area contributed by atoms with Crippen LogP contribution in [0.4, 0.5) is 4.79 Å². The molecule has 2 amide bonds. The van der Waals surface area contributed by atoms with E-state index in [0.717, 1.165) is 6.42 Å². The van der Waals surface area contributed by atoms with Crippen molar-refractivity contribution in [2.24, 2.45) is 0 Å². The lowest BCUT2D eigenvalue weighted by atomic mass is 9.78. The van der Waals surface area contributed by atoms with Crippen molar-refractivity contribution in [1.82, 2.24) is 10.6 Å². The second kappa shape index (κ2) is 5.53. The Morgan fingerprint density at radius 3 is 2.78 bits per heavy atom. The molecule has 0 aromatic heterocycles. The predicted octanol–water partition coefficient (Wildman–Crippen LogP) is 1.10. The van der Waals surface area contributed by atoms with E-state index in [1.54, 1.807) is 0 Å². The molecule has 1 unspecified atom stereocenters. The van der Waals surface area contributed by atoms with Crippen LogP contribution in [-0.4, -0.2) is 30.2 Å². The van der Waals surface area contributed by atoms with Crippen LogP contribution in [0, 0.1) is 0 Å². The highest BCUT2D eigenvalue weighted by atomic mass is 16.4. The molecule has 5 heteroatoms. The number of nitrogens with one attached hydrogen (secondary N) is 2. The average molecular weight is 248 g/mol. The quantitative estimate of drug-likeness (QED) is 0.730. The first-order valence-corrected chi connectivity index (χ1v) is 5.98. The Morgan fingerprint density at radius 1 is 1.28 bits per heavy atom. The molecule has 3 N–H and O–H groups in total. The van der Waals surface area contributed by atoms with Gasteiger partial charge < -0.3 is 15.7 Å². The van der Waals surface area contributed by atoms with Crippen molar-refractivity contribution >= 4 is 12.0 Å². The van der Waals surface area contributed by atoms with Gasteiger partial charge in [-0.25, -0.2) is 4.79 Å². The van der Waals surface area contributed by atoms with Gasteiger partial charge in [0, 0.05) is 19.0 Å². The van der Waals surface area contributed by atoms with E-state index >= 15 is 0 Å². The van der Waals surface area contributed by atoms with Gasteiger partial charge in [0.15, 0.2) is 0 Å². The fourth-order valence-corrected chi connectivity index (χ4v) is 2.11. The molecule has 0 saturated carbocycles. The van der Waals surface area contributed by atoms with Crippen molar-refractivity contribution < 1.29 is 14.7 Å². The third-order valence-electron chi connectivity index (χ3n) is 3.09. The van der Waals surface area contributed by atoms with Gasteiger partial charge >= 0.3 is 12.0 Å². The number of amides is 2. The first-order valence-electron chi connectivity index (χ1n) is 5.98. The minimum Gasteiger partial charge on any atom is -0.481 e. The van der Waals surface area contributed by atoms with Crippen LogP contribution in [0.3, 0.4) is 0 Å². The molecule has 0 heterocycles. The highest BCUT2D eigenvalue weighted by molar-refractivity contribution is 5.75. The van der Waals surface area contributed by atoms with Gasteiger partial charge in [0.2, 0.25) is 0 Å². The van der Waals surface area contributed by atoms with Gasteiger partial charge in [0.25, 0.3) is 0 Å². The minimum absolute atomic E-state index is 0.0559. The van der Waals surface area contributed by atoms with Gasteiger partial charge in [-0.05, 0) is 17.5 Å². The van der Waals surface area contributed by atoms with Gasteiger partial charge in [-0.2, -0.15) is 0 Å². The molecule has 0 saturated heterocycles. The molecule has 0 fully saturated rings. The van der Waals surface area contributed by atoms with Gasteiger partial charge in [-0.15, -0.1) is 0 Å². The van der Waals surface area contributed by atoms with Crippen LogP contribution in [-0.2, 0) is 11.2 Å². The molecule has 0 spiro atoms. The normalized spacial score (nSPS) is 16.3. The van der Waals surface area contributed by atoms with E-state index in [1.807, 2.05) is 12.1 Å². The van der Waals surface area contributed by atoms with Crippen LogP contribution < -0.4 is 10.6 Å². The SMILES string of the molecule is O=C(O)CCNC(=O)NCC1Cc2ccccc21. The molecule has 1 atom stereocenters. The second-order valence-electron chi connectivity index (χ2n) is 4.38. The summed E-state index contributed by atoms with van der Waals surface area (Å²) in [7, 11) is 0. The third-order valence-corrected chi connectivity index (χ3v) is 3.09. The van der Waals surface area contributed by atoms with Crippen molar-refractivity contribution in [1.29, 1.82) is 0 Å². The monoisotopic (exact) mass is 248 g/mol. The number of urea groups is 1. The molecular formula is C13H16N2O3. The van der Waals surface area contributed by atoms with Crippen LogP contribution in [0.15, 0.2) is 24.3 Å². The number of aliphatic carboxylic acids is 1. The van der Waals surface area contributed by atoms with Crippen LogP contribution in [0.1, 0.15) is 23.5 Å². The van der Waals surface area contributed by atoms with Crippen LogP contribution in [0.25, 0.3) is 0 Å². The Hall–Kier alpha value is -2.04. The zero-order valence-corrected chi connectivity index (χ0v) is 9.98. The topological polar surface area (TPSA) is 78.4 Å². The van der Waals surface area contributed by atoms with Crippen molar-refractivity contribution in [2.75, 3.05) is 13.1 Å². The fourth-order valence-electron chi connectivity index (χ4n) is 2.11. The highest BCUT2D eigenvalue weighted by Crippen LogP contribution is 2.33. The van der Waals surface area contributed by atoms with E-state index in [0.29, 0.717) is 12.5 Å². The molecule has 5 nitrogen and oxygen atoms in total. The summed E-state index contributed by atoms with van der Waals surface area (Å²) >= 11 is 0. The molecule has 1 aliphatic carbocycles. The van der Waals surface area contributed by atoms with Crippen molar-refractivity contribution in [2.45, 2.75) is 18.8 Å². The standard InChI is InChI=1S/C13H16N2O3/c16-12(17)5-6-14-13(18)15-8-10-7-9-3-1-2-4-11(9)10/h1-4,10H,5-8H2,(H,16,17)(H2,14,15,18). The smallest absolute Gasteiger partial charge is 0.314 e. The van der Waals surface area contributed by atoms with E-state index in [4.69, 9.17) is 5.11 Å². The number of carboxylic acid groups (broad SMARTS) is 1. The van der Waals surface area contributed by atoms with Gasteiger partial charge in [-0.1, -0.05) is 24.3 Å². The first-order chi connectivity index (χ1) is 8.66. The Morgan fingerprint density at radius 2 is 2.06 bits per heavy atom. The molecule has 18 heavy (non-hydrogen) atoms. The molecule has 1 aromatic carbocycles. The summed E-state index contributed by atoms with van der Waals surface area (Å²) in [4.78, 5) is 21.6. The molecule has 1 aromatic rings.